The Kier molecular flexibility index (Phi) is 5.24. The molecule has 0 radical (unpaired) electrons. The lowest BCUT2D eigenvalue weighted by atomic mass is 10.2. The lowest BCUT2D eigenvalue weighted by Gasteiger charge is -2.12. The molecule has 4 N–H and O–H groups in total. The number of nitrogen functional groups attached to an aromatic ring is 1. The highest BCUT2D eigenvalue weighted by Gasteiger charge is 2.18. The van der Waals surface area contributed by atoms with Crippen molar-refractivity contribution in [2.75, 3.05) is 33.0 Å². The van der Waals surface area contributed by atoms with E-state index in [4.69, 9.17) is 20.9 Å². The Morgan fingerprint density at radius 3 is 2.54 bits per heavy atom. The quantitative estimate of drug-likeness (QED) is 0.661. The summed E-state index contributed by atoms with van der Waals surface area (Å²) in [6.07, 6.45) is 1.61. The van der Waals surface area contributed by atoms with Crippen molar-refractivity contribution in [2.24, 2.45) is 5.73 Å². The molecule has 0 aliphatic rings. The van der Waals surface area contributed by atoms with E-state index in [1.54, 1.807) is 12.3 Å². The normalized spacial score (nSPS) is 11.0. The number of aromatic nitrogens is 1. The van der Waals surface area contributed by atoms with E-state index in [-0.39, 0.29) is 4.88 Å². The summed E-state index contributed by atoms with van der Waals surface area (Å²) in [6, 6.07) is 9.02. The van der Waals surface area contributed by atoms with Crippen LogP contribution in [0.5, 0.6) is 17.2 Å². The zero-order valence-electron chi connectivity index (χ0n) is 14.6. The smallest absolute Gasteiger partial charge is 0.260 e. The Morgan fingerprint density at radius 1 is 1.19 bits per heavy atom. The molecular weight excluding hydrogens is 352 g/mol. The van der Waals surface area contributed by atoms with E-state index < -0.39 is 5.91 Å². The van der Waals surface area contributed by atoms with Crippen LogP contribution < -0.4 is 20.9 Å². The second-order valence-corrected chi connectivity index (χ2v) is 6.92. The Morgan fingerprint density at radius 2 is 1.88 bits per heavy atom. The van der Waals surface area contributed by atoms with Crippen LogP contribution in [0.1, 0.15) is 9.67 Å². The minimum Gasteiger partial charge on any atom is -0.492 e. The van der Waals surface area contributed by atoms with Crippen molar-refractivity contribution in [1.82, 2.24) is 9.88 Å². The number of thiophene rings is 1. The average molecular weight is 372 g/mol. The Labute approximate surface area is 155 Å². The maximum Gasteiger partial charge on any atom is 0.260 e. The van der Waals surface area contributed by atoms with Gasteiger partial charge in [-0.3, -0.25) is 4.79 Å². The third-order valence-corrected chi connectivity index (χ3v) is 4.80. The number of fused-ring (bicyclic) bond motifs is 1. The van der Waals surface area contributed by atoms with Crippen molar-refractivity contribution in [2.45, 2.75) is 0 Å². The van der Waals surface area contributed by atoms with E-state index in [1.165, 1.54) is 0 Å². The first-order chi connectivity index (χ1) is 12.5. The number of pyridine rings is 1. The van der Waals surface area contributed by atoms with Gasteiger partial charge in [0.25, 0.3) is 5.91 Å². The number of carbonyl (C=O) groups excluding carboxylic acids is 1. The molecule has 0 aliphatic carbocycles. The molecule has 7 nitrogen and oxygen atoms in total. The topological polar surface area (TPSA) is 104 Å². The number of nitrogens with two attached hydrogens (primary N) is 2. The predicted molar refractivity (Wildman–Crippen MR) is 103 cm³/mol. The summed E-state index contributed by atoms with van der Waals surface area (Å²) < 4.78 is 11.6. The second kappa shape index (κ2) is 7.59. The Bertz CT molecular complexity index is 922. The Hall–Kier alpha value is -2.84. The van der Waals surface area contributed by atoms with E-state index in [2.05, 4.69) is 9.88 Å². The average Bonchev–Trinajstić information content (AvgIpc) is 2.94. The summed E-state index contributed by atoms with van der Waals surface area (Å²) in [5, 5.41) is 0.595. The van der Waals surface area contributed by atoms with E-state index >= 15 is 0 Å². The van der Waals surface area contributed by atoms with Crippen molar-refractivity contribution >= 4 is 33.1 Å². The molecule has 1 amide bonds. The van der Waals surface area contributed by atoms with Gasteiger partial charge in [-0.05, 0) is 44.4 Å². The van der Waals surface area contributed by atoms with Crippen LogP contribution >= 0.6 is 11.3 Å². The molecule has 1 aromatic carbocycles. The van der Waals surface area contributed by atoms with Crippen molar-refractivity contribution in [3.05, 3.63) is 41.4 Å². The highest BCUT2D eigenvalue weighted by atomic mass is 32.1. The van der Waals surface area contributed by atoms with Gasteiger partial charge in [-0.1, -0.05) is 0 Å². The highest BCUT2D eigenvalue weighted by Crippen LogP contribution is 2.39. The van der Waals surface area contributed by atoms with Crippen LogP contribution in [0.25, 0.3) is 10.2 Å². The molecule has 2 heterocycles. The molecule has 3 rings (SSSR count). The first-order valence-corrected chi connectivity index (χ1v) is 8.79. The van der Waals surface area contributed by atoms with Crippen LogP contribution in [0.2, 0.25) is 0 Å². The van der Waals surface area contributed by atoms with Crippen molar-refractivity contribution in [3.8, 4) is 17.2 Å². The van der Waals surface area contributed by atoms with Crippen molar-refractivity contribution in [1.29, 1.82) is 0 Å². The van der Waals surface area contributed by atoms with Gasteiger partial charge in [0.05, 0.1) is 11.1 Å². The third kappa shape index (κ3) is 3.87. The molecule has 0 fully saturated rings. The molecule has 3 aromatic rings. The summed E-state index contributed by atoms with van der Waals surface area (Å²) in [5.41, 5.74) is 11.7. The molecule has 0 spiro atoms. The fourth-order valence-electron chi connectivity index (χ4n) is 2.36. The van der Waals surface area contributed by atoms with Gasteiger partial charge in [-0.2, -0.15) is 0 Å². The predicted octanol–water partition coefficient (Wildman–Crippen LogP) is 2.71. The van der Waals surface area contributed by atoms with Crippen LogP contribution in [-0.4, -0.2) is 43.0 Å². The number of primary amides is 1. The largest absolute Gasteiger partial charge is 0.492 e. The van der Waals surface area contributed by atoms with E-state index in [1.807, 2.05) is 38.4 Å². The zero-order chi connectivity index (χ0) is 18.7. The molecule has 0 unspecified atom stereocenters. The number of rotatable bonds is 7. The SMILES string of the molecule is CN(C)CCOc1ccc(Oc2ccnc3sc(C(N)=O)c(N)c23)cc1. The molecular formula is C18H20N4O3S. The number of hydrogen-bond donors (Lipinski definition) is 2. The van der Waals surface area contributed by atoms with Gasteiger partial charge < -0.3 is 25.8 Å². The first kappa shape index (κ1) is 18.0. The van der Waals surface area contributed by atoms with Gasteiger partial charge in [0, 0.05) is 12.7 Å². The number of carbonyl (C=O) groups is 1. The van der Waals surface area contributed by atoms with Crippen molar-refractivity contribution < 1.29 is 14.3 Å². The van der Waals surface area contributed by atoms with Gasteiger partial charge in [0.2, 0.25) is 0 Å². The molecule has 0 saturated carbocycles. The Balaban J connectivity index is 1.79. The van der Waals surface area contributed by atoms with Crippen LogP contribution in [0, 0.1) is 0 Å². The molecule has 136 valence electrons. The molecule has 0 saturated heterocycles. The van der Waals surface area contributed by atoms with Gasteiger partial charge >= 0.3 is 0 Å². The lowest BCUT2D eigenvalue weighted by molar-refractivity contribution is 0.100. The number of anilines is 1. The molecule has 26 heavy (non-hydrogen) atoms. The lowest BCUT2D eigenvalue weighted by Crippen LogP contribution is -2.19. The number of amides is 1. The minimum atomic E-state index is -0.573. The molecule has 8 heteroatoms. The standard InChI is InChI=1S/C18H20N4O3S/c1-22(2)9-10-24-11-3-5-12(6-4-11)25-13-7-8-21-18-14(13)15(19)16(26-18)17(20)23/h3-8H,9-10,19H2,1-2H3,(H2,20,23). The number of ether oxygens (including phenoxy) is 2. The fraction of sp³-hybridized carbons (Fsp3) is 0.222. The molecule has 0 bridgehead atoms. The number of likely N-dealkylation sites (N-methyl/N-ethyl adjacent to an activating group) is 1. The van der Waals surface area contributed by atoms with Crippen LogP contribution in [0.15, 0.2) is 36.5 Å². The molecule has 2 aromatic heterocycles. The number of nitrogens with zero attached hydrogens (tertiary/aromatic N) is 2. The minimum absolute atomic E-state index is 0.285. The fourth-order valence-corrected chi connectivity index (χ4v) is 3.29. The molecule has 0 atom stereocenters. The van der Waals surface area contributed by atoms with Gasteiger partial charge in [0.15, 0.2) is 0 Å². The van der Waals surface area contributed by atoms with Crippen molar-refractivity contribution in [3.63, 3.8) is 0 Å². The number of benzene rings is 1. The second-order valence-electron chi connectivity index (χ2n) is 5.92. The van der Waals surface area contributed by atoms with E-state index in [9.17, 15) is 4.79 Å². The summed E-state index contributed by atoms with van der Waals surface area (Å²) in [5.74, 6) is 1.35. The summed E-state index contributed by atoms with van der Waals surface area (Å²) in [7, 11) is 3.99. The van der Waals surface area contributed by atoms with Crippen LogP contribution in [0.4, 0.5) is 5.69 Å². The summed E-state index contributed by atoms with van der Waals surface area (Å²) >= 11 is 1.16. The van der Waals surface area contributed by atoms with Gasteiger partial charge in [0.1, 0.15) is 33.6 Å². The van der Waals surface area contributed by atoms with Gasteiger partial charge in [-0.25, -0.2) is 4.98 Å². The third-order valence-electron chi connectivity index (χ3n) is 3.67. The zero-order valence-corrected chi connectivity index (χ0v) is 15.4. The first-order valence-electron chi connectivity index (χ1n) is 7.98. The van der Waals surface area contributed by atoms with E-state index in [0.717, 1.165) is 23.6 Å². The van der Waals surface area contributed by atoms with Crippen LogP contribution in [0.3, 0.4) is 0 Å². The maximum atomic E-state index is 11.5. The summed E-state index contributed by atoms with van der Waals surface area (Å²) in [4.78, 5) is 18.7. The number of hydrogen-bond acceptors (Lipinski definition) is 7. The monoisotopic (exact) mass is 372 g/mol. The van der Waals surface area contributed by atoms with E-state index in [0.29, 0.717) is 34.0 Å². The maximum absolute atomic E-state index is 11.5. The van der Waals surface area contributed by atoms with Crippen LogP contribution in [-0.2, 0) is 0 Å². The summed E-state index contributed by atoms with van der Waals surface area (Å²) in [6.45, 7) is 1.45. The van der Waals surface area contributed by atoms with Gasteiger partial charge in [-0.15, -0.1) is 11.3 Å². The molecule has 0 aliphatic heterocycles. The highest BCUT2D eigenvalue weighted by molar-refractivity contribution is 7.21.